The van der Waals surface area contributed by atoms with Gasteiger partial charge in [-0.1, -0.05) is 48.5 Å². The fourth-order valence-corrected chi connectivity index (χ4v) is 3.49. The standard InChI is InChI=1S/C26H23N2O2/c1-2-30-26(29)25-17-23(21-11-5-3-6-12-21)16-24(22-13-7-4-8-14-22)28(25)19-20-10-9-15-27-18-20/h3-18H,2,19H2,1H3/q+1. The first-order valence-corrected chi connectivity index (χ1v) is 10.0. The molecule has 0 spiro atoms. The van der Waals surface area contributed by atoms with Gasteiger partial charge in [0.15, 0.2) is 6.54 Å². The van der Waals surface area contributed by atoms with Crippen LogP contribution in [0, 0.1) is 0 Å². The monoisotopic (exact) mass is 395 g/mol. The Bertz CT molecular complexity index is 1130. The molecule has 30 heavy (non-hydrogen) atoms. The maximum absolute atomic E-state index is 13.0. The predicted octanol–water partition coefficient (Wildman–Crippen LogP) is 4.93. The molecule has 0 aliphatic rings. The molecule has 4 heteroatoms. The van der Waals surface area contributed by atoms with Gasteiger partial charge in [-0.2, -0.15) is 4.57 Å². The summed E-state index contributed by atoms with van der Waals surface area (Å²) in [5, 5.41) is 0. The summed E-state index contributed by atoms with van der Waals surface area (Å²) in [5.41, 5.74) is 5.53. The van der Waals surface area contributed by atoms with Crippen molar-refractivity contribution in [1.29, 1.82) is 0 Å². The highest BCUT2D eigenvalue weighted by molar-refractivity contribution is 5.88. The van der Waals surface area contributed by atoms with Gasteiger partial charge in [-0.15, -0.1) is 0 Å². The van der Waals surface area contributed by atoms with Crippen LogP contribution in [0.15, 0.2) is 97.3 Å². The van der Waals surface area contributed by atoms with E-state index in [4.69, 9.17) is 4.74 Å². The van der Waals surface area contributed by atoms with E-state index >= 15 is 0 Å². The molecule has 0 unspecified atom stereocenters. The number of pyridine rings is 2. The summed E-state index contributed by atoms with van der Waals surface area (Å²) < 4.78 is 7.42. The molecular formula is C26H23N2O2+. The predicted molar refractivity (Wildman–Crippen MR) is 117 cm³/mol. The Kier molecular flexibility index (Phi) is 5.95. The second-order valence-corrected chi connectivity index (χ2v) is 6.91. The van der Waals surface area contributed by atoms with Crippen LogP contribution in [0.1, 0.15) is 23.0 Å². The molecule has 0 radical (unpaired) electrons. The fraction of sp³-hybridized carbons (Fsp3) is 0.115. The Morgan fingerprint density at radius 2 is 1.57 bits per heavy atom. The molecule has 0 atom stereocenters. The van der Waals surface area contributed by atoms with Crippen LogP contribution in [0.5, 0.6) is 0 Å². The molecule has 0 aliphatic carbocycles. The third-order valence-corrected chi connectivity index (χ3v) is 4.89. The molecule has 2 aromatic carbocycles. The summed E-state index contributed by atoms with van der Waals surface area (Å²) in [7, 11) is 0. The molecular weight excluding hydrogens is 372 g/mol. The normalized spacial score (nSPS) is 10.6. The highest BCUT2D eigenvalue weighted by atomic mass is 16.5. The van der Waals surface area contributed by atoms with Crippen LogP contribution in [0.2, 0.25) is 0 Å². The van der Waals surface area contributed by atoms with Crippen molar-refractivity contribution < 1.29 is 14.1 Å². The average molecular weight is 395 g/mol. The second kappa shape index (κ2) is 9.14. The Hall–Kier alpha value is -3.79. The van der Waals surface area contributed by atoms with Gasteiger partial charge in [-0.25, -0.2) is 4.79 Å². The maximum Gasteiger partial charge on any atom is 0.403 e. The van der Waals surface area contributed by atoms with Crippen LogP contribution < -0.4 is 4.57 Å². The Morgan fingerprint density at radius 1 is 0.867 bits per heavy atom. The summed E-state index contributed by atoms with van der Waals surface area (Å²) in [6.07, 6.45) is 3.57. The van der Waals surface area contributed by atoms with Gasteiger partial charge in [0.05, 0.1) is 6.61 Å². The molecule has 4 rings (SSSR count). The van der Waals surface area contributed by atoms with Crippen LogP contribution in [-0.2, 0) is 11.3 Å². The van der Waals surface area contributed by atoms with Crippen molar-refractivity contribution in [3.8, 4) is 22.4 Å². The Balaban J connectivity index is 1.96. The van der Waals surface area contributed by atoms with Gasteiger partial charge >= 0.3 is 5.97 Å². The number of aromatic nitrogens is 2. The molecule has 0 saturated heterocycles. The molecule has 4 aromatic rings. The average Bonchev–Trinajstić information content (AvgIpc) is 2.81. The summed E-state index contributed by atoms with van der Waals surface area (Å²) in [6.45, 7) is 2.66. The lowest BCUT2D eigenvalue weighted by Gasteiger charge is -2.12. The van der Waals surface area contributed by atoms with Crippen molar-refractivity contribution in [2.24, 2.45) is 0 Å². The number of carbonyl (C=O) groups is 1. The maximum atomic E-state index is 13.0. The van der Waals surface area contributed by atoms with Crippen LogP contribution >= 0.6 is 0 Å². The summed E-state index contributed by atoms with van der Waals surface area (Å²) in [6, 6.07) is 28.1. The van der Waals surface area contributed by atoms with Gasteiger partial charge in [0, 0.05) is 35.7 Å². The van der Waals surface area contributed by atoms with Crippen LogP contribution in [0.25, 0.3) is 22.4 Å². The first-order valence-electron chi connectivity index (χ1n) is 10.0. The molecule has 2 heterocycles. The lowest BCUT2D eigenvalue weighted by Crippen LogP contribution is -2.44. The smallest absolute Gasteiger partial charge is 0.403 e. The highest BCUT2D eigenvalue weighted by Gasteiger charge is 2.27. The first kappa shape index (κ1) is 19.5. The molecule has 0 saturated carbocycles. The topological polar surface area (TPSA) is 43.1 Å². The quantitative estimate of drug-likeness (QED) is 0.343. The molecule has 0 amide bonds. The zero-order valence-corrected chi connectivity index (χ0v) is 16.9. The number of hydrogen-bond donors (Lipinski definition) is 0. The van der Waals surface area contributed by atoms with Crippen molar-refractivity contribution >= 4 is 5.97 Å². The minimum Gasteiger partial charge on any atom is -0.458 e. The molecule has 4 nitrogen and oxygen atoms in total. The number of hydrogen-bond acceptors (Lipinski definition) is 3. The highest BCUT2D eigenvalue weighted by Crippen LogP contribution is 2.26. The number of esters is 1. The summed E-state index contributed by atoms with van der Waals surface area (Å²) >= 11 is 0. The van der Waals surface area contributed by atoms with E-state index in [9.17, 15) is 4.79 Å². The molecule has 0 fully saturated rings. The van der Waals surface area contributed by atoms with Crippen molar-refractivity contribution in [2.75, 3.05) is 6.61 Å². The number of carbonyl (C=O) groups excluding carboxylic acids is 1. The molecule has 148 valence electrons. The Morgan fingerprint density at radius 3 is 2.20 bits per heavy atom. The van der Waals surface area contributed by atoms with E-state index in [2.05, 4.69) is 23.2 Å². The number of nitrogens with zero attached hydrogens (tertiary/aromatic N) is 2. The minimum absolute atomic E-state index is 0.321. The van der Waals surface area contributed by atoms with Gasteiger partial charge in [0.25, 0.3) is 5.69 Å². The fourth-order valence-electron chi connectivity index (χ4n) is 3.49. The molecule has 0 aliphatic heterocycles. The summed E-state index contributed by atoms with van der Waals surface area (Å²) in [5.74, 6) is -0.337. The van der Waals surface area contributed by atoms with Crippen molar-refractivity contribution in [3.05, 3.63) is 109 Å². The van der Waals surface area contributed by atoms with Crippen LogP contribution in [0.4, 0.5) is 0 Å². The number of ether oxygens (including phenoxy) is 1. The van der Waals surface area contributed by atoms with Gasteiger partial charge in [-0.3, -0.25) is 4.98 Å². The lowest BCUT2D eigenvalue weighted by molar-refractivity contribution is -0.680. The zero-order valence-electron chi connectivity index (χ0n) is 16.9. The van der Waals surface area contributed by atoms with Crippen LogP contribution in [0.3, 0.4) is 0 Å². The van der Waals surface area contributed by atoms with E-state index in [0.717, 1.165) is 27.9 Å². The van der Waals surface area contributed by atoms with E-state index < -0.39 is 0 Å². The van der Waals surface area contributed by atoms with Gasteiger partial charge in [-0.05, 0) is 42.3 Å². The third-order valence-electron chi connectivity index (χ3n) is 4.89. The zero-order chi connectivity index (χ0) is 20.8. The van der Waals surface area contributed by atoms with Crippen molar-refractivity contribution in [2.45, 2.75) is 13.5 Å². The van der Waals surface area contributed by atoms with E-state index in [-0.39, 0.29) is 5.97 Å². The van der Waals surface area contributed by atoms with Gasteiger partial charge in [0.1, 0.15) is 0 Å². The van der Waals surface area contributed by atoms with Gasteiger partial charge < -0.3 is 4.74 Å². The minimum atomic E-state index is -0.337. The molecule has 2 aromatic heterocycles. The second-order valence-electron chi connectivity index (χ2n) is 6.91. The van der Waals surface area contributed by atoms with Crippen molar-refractivity contribution in [3.63, 3.8) is 0 Å². The SMILES string of the molecule is CCOC(=O)c1cc(-c2ccccc2)cc(-c2ccccc2)[n+]1Cc1cccnc1. The molecule has 0 bridgehead atoms. The van der Waals surface area contributed by atoms with Crippen molar-refractivity contribution in [1.82, 2.24) is 4.98 Å². The number of benzene rings is 2. The van der Waals surface area contributed by atoms with E-state index in [0.29, 0.717) is 18.8 Å². The Labute approximate surface area is 176 Å². The van der Waals surface area contributed by atoms with E-state index in [1.54, 1.807) is 6.20 Å². The van der Waals surface area contributed by atoms with E-state index in [1.807, 2.05) is 84.4 Å². The van der Waals surface area contributed by atoms with Crippen LogP contribution in [-0.4, -0.2) is 17.6 Å². The number of rotatable bonds is 6. The lowest BCUT2D eigenvalue weighted by atomic mass is 10.0. The largest absolute Gasteiger partial charge is 0.458 e. The molecule has 0 N–H and O–H groups in total. The third kappa shape index (κ3) is 4.28. The van der Waals surface area contributed by atoms with E-state index in [1.165, 1.54) is 0 Å². The first-order chi connectivity index (χ1) is 14.8. The summed E-state index contributed by atoms with van der Waals surface area (Å²) in [4.78, 5) is 17.2. The van der Waals surface area contributed by atoms with Gasteiger partial charge in [0.2, 0.25) is 5.69 Å².